The zero-order valence-corrected chi connectivity index (χ0v) is 20.6. The van der Waals surface area contributed by atoms with Crippen LogP contribution in [0.2, 0.25) is 0 Å². The molecule has 0 spiro atoms. The average molecular weight is 452 g/mol. The zero-order chi connectivity index (χ0) is 23.6. The Hall–Kier alpha value is -2.67. The van der Waals surface area contributed by atoms with Gasteiger partial charge < -0.3 is 15.0 Å². The lowest BCUT2D eigenvalue weighted by molar-refractivity contribution is 0.0145. The van der Waals surface area contributed by atoms with Crippen LogP contribution in [0.15, 0.2) is 24.4 Å². The number of aromatic nitrogens is 2. The molecular formula is C26H37N5O2. The summed E-state index contributed by atoms with van der Waals surface area (Å²) < 4.78 is 5.54. The van der Waals surface area contributed by atoms with Crippen LogP contribution in [-0.2, 0) is 17.6 Å². The van der Waals surface area contributed by atoms with Crippen molar-refractivity contribution in [2.45, 2.75) is 71.9 Å². The van der Waals surface area contributed by atoms with Crippen LogP contribution in [-0.4, -0.2) is 63.7 Å². The van der Waals surface area contributed by atoms with Crippen LogP contribution in [0.3, 0.4) is 0 Å². The number of benzene rings is 1. The predicted octanol–water partition coefficient (Wildman–Crippen LogP) is 4.64. The molecule has 0 radical (unpaired) electrons. The summed E-state index contributed by atoms with van der Waals surface area (Å²) in [6.07, 6.45) is 5.66. The van der Waals surface area contributed by atoms with E-state index in [1.54, 1.807) is 0 Å². The van der Waals surface area contributed by atoms with E-state index in [2.05, 4.69) is 47.2 Å². The number of hydrogen-bond acceptors (Lipinski definition) is 6. The Morgan fingerprint density at radius 2 is 1.70 bits per heavy atom. The average Bonchev–Trinajstić information content (AvgIpc) is 2.94. The number of amides is 1. The summed E-state index contributed by atoms with van der Waals surface area (Å²) in [6, 6.07) is 6.90. The van der Waals surface area contributed by atoms with E-state index in [0.717, 1.165) is 63.2 Å². The number of nitrogens with one attached hydrogen (secondary N) is 1. The third-order valence-electron chi connectivity index (χ3n) is 6.37. The van der Waals surface area contributed by atoms with E-state index in [1.807, 2.05) is 31.9 Å². The molecule has 1 fully saturated rings. The summed E-state index contributed by atoms with van der Waals surface area (Å²) in [4.78, 5) is 26.2. The number of anilines is 2. The van der Waals surface area contributed by atoms with Gasteiger partial charge in [0.1, 0.15) is 5.60 Å². The van der Waals surface area contributed by atoms with E-state index in [0.29, 0.717) is 12.0 Å². The molecule has 1 aromatic carbocycles. The number of piperidine rings is 1. The molecule has 4 rings (SSSR count). The number of rotatable bonds is 3. The fourth-order valence-electron chi connectivity index (χ4n) is 4.83. The van der Waals surface area contributed by atoms with Crippen LogP contribution in [0.5, 0.6) is 0 Å². The van der Waals surface area contributed by atoms with Gasteiger partial charge in [0.2, 0.25) is 5.95 Å². The van der Waals surface area contributed by atoms with E-state index >= 15 is 0 Å². The normalized spacial score (nSPS) is 17.9. The van der Waals surface area contributed by atoms with Gasteiger partial charge in [0.25, 0.3) is 0 Å². The second-order valence-corrected chi connectivity index (χ2v) is 10.4. The van der Waals surface area contributed by atoms with Crippen molar-refractivity contribution in [1.29, 1.82) is 0 Å². The van der Waals surface area contributed by atoms with E-state index in [-0.39, 0.29) is 6.09 Å². The first-order valence-electron chi connectivity index (χ1n) is 12.1. The van der Waals surface area contributed by atoms with Crippen molar-refractivity contribution >= 4 is 17.7 Å². The summed E-state index contributed by atoms with van der Waals surface area (Å²) in [6.45, 7) is 13.5. The predicted molar refractivity (Wildman–Crippen MR) is 131 cm³/mol. The van der Waals surface area contributed by atoms with Gasteiger partial charge in [-0.15, -0.1) is 0 Å². The second kappa shape index (κ2) is 9.67. The minimum atomic E-state index is -0.447. The Morgan fingerprint density at radius 1 is 1.03 bits per heavy atom. The van der Waals surface area contributed by atoms with Gasteiger partial charge in [-0.3, -0.25) is 4.90 Å². The van der Waals surface area contributed by atoms with Crippen molar-refractivity contribution in [3.63, 3.8) is 0 Å². The Kier molecular flexibility index (Phi) is 6.88. The molecule has 7 nitrogen and oxygen atoms in total. The number of nitrogens with zero attached hydrogens (tertiary/aromatic N) is 4. The van der Waals surface area contributed by atoms with Crippen molar-refractivity contribution in [2.75, 3.05) is 31.5 Å². The molecule has 0 atom stereocenters. The van der Waals surface area contributed by atoms with Gasteiger partial charge >= 0.3 is 6.09 Å². The first kappa shape index (κ1) is 23.5. The standard InChI is InChI=1S/C26H37N5O2/c1-18-14-19(2)16-21(15-18)28-24-27-17-20-6-10-30(13-9-23(20)29-24)22-7-11-31(12-8-22)25(32)33-26(3,4)5/h14-17,22H,6-13H2,1-5H3,(H,27,28,29). The number of ether oxygens (including phenoxy) is 1. The van der Waals surface area contributed by atoms with Crippen LogP contribution >= 0.6 is 0 Å². The van der Waals surface area contributed by atoms with Crippen molar-refractivity contribution in [2.24, 2.45) is 0 Å². The molecule has 2 aromatic rings. The van der Waals surface area contributed by atoms with E-state index in [9.17, 15) is 4.79 Å². The first-order chi connectivity index (χ1) is 15.7. The minimum absolute atomic E-state index is 0.191. The highest BCUT2D eigenvalue weighted by molar-refractivity contribution is 5.68. The molecule has 1 aromatic heterocycles. The second-order valence-electron chi connectivity index (χ2n) is 10.4. The number of carbonyl (C=O) groups is 1. The van der Waals surface area contributed by atoms with Crippen molar-refractivity contribution in [3.8, 4) is 0 Å². The maximum Gasteiger partial charge on any atom is 0.410 e. The molecular weight excluding hydrogens is 414 g/mol. The van der Waals surface area contributed by atoms with Gasteiger partial charge in [-0.25, -0.2) is 14.8 Å². The number of likely N-dealkylation sites (tertiary alicyclic amines) is 1. The summed E-state index contributed by atoms with van der Waals surface area (Å²) in [5, 5.41) is 3.38. The molecule has 0 aliphatic carbocycles. The third kappa shape index (κ3) is 6.22. The molecule has 0 bridgehead atoms. The lowest BCUT2D eigenvalue weighted by Crippen LogP contribution is -2.48. The van der Waals surface area contributed by atoms with Crippen LogP contribution in [0.4, 0.5) is 16.4 Å². The van der Waals surface area contributed by atoms with Gasteiger partial charge in [-0.05, 0) is 82.7 Å². The summed E-state index contributed by atoms with van der Waals surface area (Å²) in [5.74, 6) is 0.665. The Bertz CT molecular complexity index is 972. The third-order valence-corrected chi connectivity index (χ3v) is 6.37. The molecule has 1 N–H and O–H groups in total. The van der Waals surface area contributed by atoms with Crippen molar-refractivity contribution in [3.05, 3.63) is 46.8 Å². The Balaban J connectivity index is 1.34. The quantitative estimate of drug-likeness (QED) is 0.733. The summed E-state index contributed by atoms with van der Waals surface area (Å²) in [7, 11) is 0. The molecule has 33 heavy (non-hydrogen) atoms. The lowest BCUT2D eigenvalue weighted by atomic mass is 10.0. The summed E-state index contributed by atoms with van der Waals surface area (Å²) >= 11 is 0. The molecule has 7 heteroatoms. The van der Waals surface area contributed by atoms with Gasteiger partial charge in [0, 0.05) is 50.5 Å². The topological polar surface area (TPSA) is 70.6 Å². The first-order valence-corrected chi connectivity index (χ1v) is 12.1. The Morgan fingerprint density at radius 3 is 2.36 bits per heavy atom. The van der Waals surface area contributed by atoms with Crippen molar-refractivity contribution < 1.29 is 9.53 Å². The molecule has 178 valence electrons. The van der Waals surface area contributed by atoms with Gasteiger partial charge in [-0.1, -0.05) is 6.07 Å². The van der Waals surface area contributed by atoms with Gasteiger partial charge in [0.05, 0.1) is 5.69 Å². The highest BCUT2D eigenvalue weighted by Crippen LogP contribution is 2.24. The van der Waals surface area contributed by atoms with Gasteiger partial charge in [0.15, 0.2) is 0 Å². The fraction of sp³-hybridized carbons (Fsp3) is 0.577. The maximum absolute atomic E-state index is 12.4. The smallest absolute Gasteiger partial charge is 0.410 e. The van der Waals surface area contributed by atoms with E-state index in [1.165, 1.54) is 16.7 Å². The van der Waals surface area contributed by atoms with E-state index < -0.39 is 5.60 Å². The van der Waals surface area contributed by atoms with Crippen LogP contribution < -0.4 is 5.32 Å². The lowest BCUT2D eigenvalue weighted by Gasteiger charge is -2.38. The molecule has 0 saturated carbocycles. The van der Waals surface area contributed by atoms with E-state index in [4.69, 9.17) is 9.72 Å². The fourth-order valence-corrected chi connectivity index (χ4v) is 4.83. The Labute approximate surface area is 197 Å². The van der Waals surface area contributed by atoms with Gasteiger partial charge in [-0.2, -0.15) is 0 Å². The minimum Gasteiger partial charge on any atom is -0.444 e. The van der Waals surface area contributed by atoms with Crippen LogP contribution in [0.1, 0.15) is 56.0 Å². The maximum atomic E-state index is 12.4. The monoisotopic (exact) mass is 451 g/mol. The molecule has 0 unspecified atom stereocenters. The summed E-state index contributed by atoms with van der Waals surface area (Å²) in [5.41, 5.74) is 5.41. The SMILES string of the molecule is Cc1cc(C)cc(Nc2ncc3c(n2)CCN(C2CCN(C(=O)OC(C)(C)C)CC2)CC3)c1. The number of aryl methyl sites for hydroxylation is 2. The molecule has 1 amide bonds. The highest BCUT2D eigenvalue weighted by atomic mass is 16.6. The zero-order valence-electron chi connectivity index (χ0n) is 20.6. The largest absolute Gasteiger partial charge is 0.444 e. The molecule has 3 heterocycles. The van der Waals surface area contributed by atoms with Crippen LogP contribution in [0.25, 0.3) is 0 Å². The van der Waals surface area contributed by atoms with Crippen LogP contribution in [0, 0.1) is 13.8 Å². The molecule has 2 aliphatic rings. The molecule has 1 saturated heterocycles. The highest BCUT2D eigenvalue weighted by Gasteiger charge is 2.30. The number of fused-ring (bicyclic) bond motifs is 1. The van der Waals surface area contributed by atoms with Crippen molar-refractivity contribution in [1.82, 2.24) is 19.8 Å². The number of hydrogen-bond donors (Lipinski definition) is 1. The molecule has 2 aliphatic heterocycles. The number of carbonyl (C=O) groups excluding carboxylic acids is 1.